The smallest absolute Gasteiger partial charge is 0.293 e. The highest BCUT2D eigenvalue weighted by molar-refractivity contribution is 6.05. The molecular weight excluding hydrogens is 272 g/mol. The monoisotopic (exact) mass is 286 g/mol. The molecular formula is C15H14N2O4. The van der Waals surface area contributed by atoms with Crippen LogP contribution in [0.1, 0.15) is 15.9 Å². The maximum absolute atomic E-state index is 12.1. The Labute approximate surface area is 121 Å². The van der Waals surface area contributed by atoms with Crippen LogP contribution < -0.4 is 10.1 Å². The van der Waals surface area contributed by atoms with Crippen LogP contribution in [0.4, 0.5) is 11.4 Å². The lowest BCUT2D eigenvalue weighted by Crippen LogP contribution is -2.13. The van der Waals surface area contributed by atoms with E-state index in [0.29, 0.717) is 11.3 Å². The minimum atomic E-state index is -0.517. The van der Waals surface area contributed by atoms with E-state index in [1.807, 2.05) is 0 Å². The van der Waals surface area contributed by atoms with Crippen LogP contribution >= 0.6 is 0 Å². The fourth-order valence-corrected chi connectivity index (χ4v) is 1.84. The fourth-order valence-electron chi connectivity index (χ4n) is 1.84. The van der Waals surface area contributed by atoms with Crippen LogP contribution in [0.2, 0.25) is 0 Å². The van der Waals surface area contributed by atoms with E-state index in [9.17, 15) is 14.9 Å². The highest BCUT2D eigenvalue weighted by atomic mass is 16.6. The van der Waals surface area contributed by atoms with Crippen LogP contribution in [0.3, 0.4) is 0 Å². The van der Waals surface area contributed by atoms with E-state index < -0.39 is 10.8 Å². The summed E-state index contributed by atoms with van der Waals surface area (Å²) in [5.74, 6) is 0.220. The van der Waals surface area contributed by atoms with Gasteiger partial charge in [-0.2, -0.15) is 0 Å². The first-order chi connectivity index (χ1) is 10.0. The number of carbonyl (C=O) groups is 1. The molecule has 0 heterocycles. The van der Waals surface area contributed by atoms with Crippen molar-refractivity contribution in [3.63, 3.8) is 0 Å². The van der Waals surface area contributed by atoms with Gasteiger partial charge in [0.1, 0.15) is 11.4 Å². The maximum Gasteiger partial charge on any atom is 0.293 e. The van der Waals surface area contributed by atoms with Crippen molar-refractivity contribution in [2.45, 2.75) is 6.92 Å². The standard InChI is InChI=1S/C15H14N2O4/c1-10-3-8-13(14(9-10)17(19)20)16-15(18)11-4-6-12(21-2)7-5-11/h3-9H,1-2H3,(H,16,18). The second-order valence-electron chi connectivity index (χ2n) is 4.46. The van der Waals surface area contributed by atoms with Gasteiger partial charge in [0.15, 0.2) is 0 Å². The number of aryl methyl sites for hydroxylation is 1. The second kappa shape index (κ2) is 6.04. The SMILES string of the molecule is COc1ccc(C(=O)Nc2ccc(C)cc2[N+](=O)[O-])cc1. The van der Waals surface area contributed by atoms with Gasteiger partial charge in [0.05, 0.1) is 12.0 Å². The Morgan fingerprint density at radius 2 is 1.86 bits per heavy atom. The number of carbonyl (C=O) groups excluding carboxylic acids is 1. The Balaban J connectivity index is 2.24. The summed E-state index contributed by atoms with van der Waals surface area (Å²) in [4.78, 5) is 22.6. The third-order valence-corrected chi connectivity index (χ3v) is 2.95. The molecule has 2 aromatic rings. The first-order valence-corrected chi connectivity index (χ1v) is 6.21. The summed E-state index contributed by atoms with van der Waals surface area (Å²) in [5.41, 5.74) is 1.19. The van der Waals surface area contributed by atoms with E-state index in [4.69, 9.17) is 4.74 Å². The predicted octanol–water partition coefficient (Wildman–Crippen LogP) is 3.16. The van der Waals surface area contributed by atoms with Crippen molar-refractivity contribution in [1.82, 2.24) is 0 Å². The molecule has 6 heteroatoms. The van der Waals surface area contributed by atoms with E-state index in [2.05, 4.69) is 5.32 Å². The number of rotatable bonds is 4. The molecule has 0 radical (unpaired) electrons. The van der Waals surface area contributed by atoms with Gasteiger partial charge < -0.3 is 10.1 Å². The molecule has 0 aliphatic rings. The molecule has 0 aliphatic carbocycles. The Kier molecular flexibility index (Phi) is 4.18. The highest BCUT2D eigenvalue weighted by Gasteiger charge is 2.16. The number of nitrogens with zero attached hydrogens (tertiary/aromatic N) is 1. The molecule has 0 saturated heterocycles. The molecule has 0 atom stereocenters. The van der Waals surface area contributed by atoms with Gasteiger partial charge >= 0.3 is 0 Å². The van der Waals surface area contributed by atoms with Gasteiger partial charge in [-0.1, -0.05) is 6.07 Å². The summed E-state index contributed by atoms with van der Waals surface area (Å²) < 4.78 is 5.01. The number of hydrogen-bond donors (Lipinski definition) is 1. The maximum atomic E-state index is 12.1. The Hall–Kier alpha value is -2.89. The van der Waals surface area contributed by atoms with Gasteiger partial charge in [0, 0.05) is 11.6 Å². The quantitative estimate of drug-likeness (QED) is 0.691. The van der Waals surface area contributed by atoms with Crippen molar-refractivity contribution in [2.75, 3.05) is 12.4 Å². The molecule has 2 aromatic carbocycles. The summed E-state index contributed by atoms with van der Waals surface area (Å²) in [6, 6.07) is 11.1. The summed E-state index contributed by atoms with van der Waals surface area (Å²) in [7, 11) is 1.53. The van der Waals surface area contributed by atoms with E-state index in [-0.39, 0.29) is 11.4 Å². The number of nitro benzene ring substituents is 1. The summed E-state index contributed by atoms with van der Waals surface area (Å²) >= 11 is 0. The first-order valence-electron chi connectivity index (χ1n) is 6.21. The van der Waals surface area contributed by atoms with Gasteiger partial charge in [-0.25, -0.2) is 0 Å². The van der Waals surface area contributed by atoms with Crippen LogP contribution in [0.15, 0.2) is 42.5 Å². The molecule has 0 aliphatic heterocycles. The van der Waals surface area contributed by atoms with E-state index >= 15 is 0 Å². The lowest BCUT2D eigenvalue weighted by Gasteiger charge is -2.07. The van der Waals surface area contributed by atoms with Crippen LogP contribution in [0.25, 0.3) is 0 Å². The molecule has 0 unspecified atom stereocenters. The number of amides is 1. The number of benzene rings is 2. The number of methoxy groups -OCH3 is 1. The normalized spacial score (nSPS) is 10.0. The van der Waals surface area contributed by atoms with Crippen LogP contribution in [-0.2, 0) is 0 Å². The van der Waals surface area contributed by atoms with Crippen molar-refractivity contribution in [1.29, 1.82) is 0 Å². The molecule has 0 spiro atoms. The average molecular weight is 286 g/mol. The summed E-state index contributed by atoms with van der Waals surface area (Å²) in [6.07, 6.45) is 0. The van der Waals surface area contributed by atoms with Crippen LogP contribution in [0, 0.1) is 17.0 Å². The second-order valence-corrected chi connectivity index (χ2v) is 4.46. The number of anilines is 1. The summed E-state index contributed by atoms with van der Waals surface area (Å²) in [6.45, 7) is 1.75. The number of hydrogen-bond acceptors (Lipinski definition) is 4. The molecule has 1 amide bonds. The van der Waals surface area contributed by atoms with Gasteiger partial charge in [-0.15, -0.1) is 0 Å². The topological polar surface area (TPSA) is 81.5 Å². The molecule has 2 rings (SSSR count). The third-order valence-electron chi connectivity index (χ3n) is 2.95. The minimum absolute atomic E-state index is 0.128. The minimum Gasteiger partial charge on any atom is -0.497 e. The largest absolute Gasteiger partial charge is 0.497 e. The van der Waals surface area contributed by atoms with Crippen molar-refractivity contribution in [2.24, 2.45) is 0 Å². The molecule has 0 aromatic heterocycles. The van der Waals surface area contributed by atoms with Crippen LogP contribution in [0.5, 0.6) is 5.75 Å². The fraction of sp³-hybridized carbons (Fsp3) is 0.133. The third kappa shape index (κ3) is 3.36. The van der Waals surface area contributed by atoms with Gasteiger partial charge in [-0.3, -0.25) is 14.9 Å². The van der Waals surface area contributed by atoms with E-state index in [0.717, 1.165) is 5.56 Å². The molecule has 1 N–H and O–H groups in total. The zero-order valence-electron chi connectivity index (χ0n) is 11.6. The van der Waals surface area contributed by atoms with Crippen molar-refractivity contribution >= 4 is 17.3 Å². The molecule has 0 fully saturated rings. The Bertz CT molecular complexity index is 681. The first kappa shape index (κ1) is 14.5. The molecule has 0 saturated carbocycles. The van der Waals surface area contributed by atoms with Gasteiger partial charge in [-0.05, 0) is 42.8 Å². The van der Waals surface area contributed by atoms with Crippen LogP contribution in [-0.4, -0.2) is 17.9 Å². The highest BCUT2D eigenvalue weighted by Crippen LogP contribution is 2.26. The lowest BCUT2D eigenvalue weighted by molar-refractivity contribution is -0.384. The molecule has 6 nitrogen and oxygen atoms in total. The van der Waals surface area contributed by atoms with Gasteiger partial charge in [0.2, 0.25) is 0 Å². The number of nitrogens with one attached hydrogen (secondary N) is 1. The van der Waals surface area contributed by atoms with Crippen molar-refractivity contribution in [3.8, 4) is 5.75 Å². The molecule has 108 valence electrons. The molecule has 21 heavy (non-hydrogen) atoms. The number of nitro groups is 1. The zero-order valence-corrected chi connectivity index (χ0v) is 11.6. The lowest BCUT2D eigenvalue weighted by atomic mass is 10.1. The zero-order chi connectivity index (χ0) is 15.4. The van der Waals surface area contributed by atoms with E-state index in [1.54, 1.807) is 37.3 Å². The van der Waals surface area contributed by atoms with Crippen molar-refractivity contribution < 1.29 is 14.5 Å². The molecule has 0 bridgehead atoms. The van der Waals surface area contributed by atoms with E-state index in [1.165, 1.54) is 19.2 Å². The summed E-state index contributed by atoms with van der Waals surface area (Å²) in [5, 5.41) is 13.6. The number of ether oxygens (including phenoxy) is 1. The van der Waals surface area contributed by atoms with Gasteiger partial charge in [0.25, 0.3) is 11.6 Å². The Morgan fingerprint density at radius 1 is 1.19 bits per heavy atom. The average Bonchev–Trinajstić information content (AvgIpc) is 2.49. The predicted molar refractivity (Wildman–Crippen MR) is 78.8 cm³/mol. The van der Waals surface area contributed by atoms with Crippen molar-refractivity contribution in [3.05, 3.63) is 63.7 Å². The Morgan fingerprint density at radius 3 is 2.43 bits per heavy atom.